The van der Waals surface area contributed by atoms with Crippen LogP contribution in [-0.4, -0.2) is 26.1 Å². The first kappa shape index (κ1) is 13.9. The lowest BCUT2D eigenvalue weighted by Crippen LogP contribution is -2.50. The van der Waals surface area contributed by atoms with Gasteiger partial charge in [-0.25, -0.2) is 0 Å². The predicted molar refractivity (Wildman–Crippen MR) is 75.3 cm³/mol. The molecule has 1 aliphatic heterocycles. The molecule has 0 saturated carbocycles. The average molecular weight is 262 g/mol. The Bertz CT molecular complexity index is 453. The molecule has 1 amide bonds. The van der Waals surface area contributed by atoms with Crippen LogP contribution in [0.5, 0.6) is 5.75 Å². The van der Waals surface area contributed by atoms with Gasteiger partial charge in [-0.2, -0.15) is 0 Å². The van der Waals surface area contributed by atoms with E-state index in [4.69, 9.17) is 4.74 Å². The van der Waals surface area contributed by atoms with E-state index in [-0.39, 0.29) is 11.8 Å². The summed E-state index contributed by atoms with van der Waals surface area (Å²) in [5.74, 6) is 1.60. The van der Waals surface area contributed by atoms with Crippen molar-refractivity contribution >= 4 is 5.91 Å². The highest BCUT2D eigenvalue weighted by Crippen LogP contribution is 2.27. The first-order chi connectivity index (χ1) is 9.11. The summed E-state index contributed by atoms with van der Waals surface area (Å²) in [6.45, 7) is 6.46. The van der Waals surface area contributed by atoms with Gasteiger partial charge in [-0.3, -0.25) is 4.79 Å². The molecule has 2 rings (SSSR count). The molecule has 1 aromatic rings. The minimum Gasteiger partial charge on any atom is -0.496 e. The van der Waals surface area contributed by atoms with Crippen molar-refractivity contribution in [2.24, 2.45) is 5.92 Å². The normalized spacial score (nSPS) is 15.2. The number of ether oxygens (including phenoxy) is 1. The van der Waals surface area contributed by atoms with E-state index in [1.54, 1.807) is 7.11 Å². The molecule has 19 heavy (non-hydrogen) atoms. The van der Waals surface area contributed by atoms with Gasteiger partial charge in [-0.1, -0.05) is 26.0 Å². The Balaban J connectivity index is 2.00. The fourth-order valence-electron chi connectivity index (χ4n) is 2.15. The van der Waals surface area contributed by atoms with E-state index in [0.717, 1.165) is 24.4 Å². The average Bonchev–Trinajstić information content (AvgIpc) is 2.33. The zero-order valence-corrected chi connectivity index (χ0v) is 11.8. The van der Waals surface area contributed by atoms with Crippen LogP contribution in [-0.2, 0) is 11.3 Å². The van der Waals surface area contributed by atoms with E-state index in [0.29, 0.717) is 12.5 Å². The quantitative estimate of drug-likeness (QED) is 0.848. The summed E-state index contributed by atoms with van der Waals surface area (Å²) in [4.78, 5) is 11.8. The molecule has 4 nitrogen and oxygen atoms in total. The smallest absolute Gasteiger partial charge is 0.225 e. The zero-order chi connectivity index (χ0) is 13.8. The monoisotopic (exact) mass is 262 g/mol. The van der Waals surface area contributed by atoms with Gasteiger partial charge in [0.1, 0.15) is 5.75 Å². The summed E-state index contributed by atoms with van der Waals surface area (Å²) >= 11 is 0. The van der Waals surface area contributed by atoms with Gasteiger partial charge in [0.2, 0.25) is 5.91 Å². The van der Waals surface area contributed by atoms with Crippen LogP contribution in [0, 0.1) is 5.92 Å². The molecule has 0 radical (unpaired) electrons. The molecule has 1 heterocycles. The molecular formula is C15H22N2O2. The van der Waals surface area contributed by atoms with Crippen molar-refractivity contribution in [1.29, 1.82) is 0 Å². The second-order valence-corrected chi connectivity index (χ2v) is 5.30. The minimum atomic E-state index is 0.140. The third-order valence-electron chi connectivity index (χ3n) is 3.54. The Hall–Kier alpha value is -1.55. The summed E-state index contributed by atoms with van der Waals surface area (Å²) in [7, 11) is 1.69. The van der Waals surface area contributed by atoms with E-state index < -0.39 is 0 Å². The van der Waals surface area contributed by atoms with Gasteiger partial charge in [-0.15, -0.1) is 0 Å². The Morgan fingerprint density at radius 1 is 1.47 bits per heavy atom. The molecule has 0 aromatic heterocycles. The summed E-state index contributed by atoms with van der Waals surface area (Å²) in [5, 5.41) is 6.09. The summed E-state index contributed by atoms with van der Waals surface area (Å²) in [5.41, 5.74) is 2.30. The third kappa shape index (κ3) is 3.26. The molecule has 0 aliphatic carbocycles. The lowest BCUT2D eigenvalue weighted by molar-refractivity contribution is -0.126. The molecule has 1 saturated heterocycles. The molecule has 0 spiro atoms. The first-order valence-electron chi connectivity index (χ1n) is 6.77. The lowest BCUT2D eigenvalue weighted by Gasteiger charge is -2.25. The SMILES string of the molecule is COc1ccc(CNC(=O)C2CNC2)cc1C(C)C. The highest BCUT2D eigenvalue weighted by molar-refractivity contribution is 5.80. The molecule has 0 bridgehead atoms. The maximum absolute atomic E-state index is 11.8. The van der Waals surface area contributed by atoms with Crippen molar-refractivity contribution < 1.29 is 9.53 Å². The van der Waals surface area contributed by atoms with Gasteiger partial charge >= 0.3 is 0 Å². The van der Waals surface area contributed by atoms with Crippen molar-refractivity contribution in [3.63, 3.8) is 0 Å². The van der Waals surface area contributed by atoms with Gasteiger partial charge in [0.05, 0.1) is 13.0 Å². The molecule has 0 atom stereocenters. The van der Waals surface area contributed by atoms with Gasteiger partial charge < -0.3 is 15.4 Å². The van der Waals surface area contributed by atoms with Crippen LogP contribution in [0.15, 0.2) is 18.2 Å². The number of amides is 1. The molecule has 104 valence electrons. The Kier molecular flexibility index (Phi) is 4.43. The van der Waals surface area contributed by atoms with E-state index >= 15 is 0 Å². The van der Waals surface area contributed by atoms with Crippen LogP contribution < -0.4 is 15.4 Å². The van der Waals surface area contributed by atoms with Crippen molar-refractivity contribution in [1.82, 2.24) is 10.6 Å². The van der Waals surface area contributed by atoms with E-state index in [1.165, 1.54) is 5.56 Å². The van der Waals surface area contributed by atoms with Gasteiger partial charge in [0.15, 0.2) is 0 Å². The number of carbonyl (C=O) groups excluding carboxylic acids is 1. The van der Waals surface area contributed by atoms with Crippen LogP contribution >= 0.6 is 0 Å². The van der Waals surface area contributed by atoms with Crippen LogP contribution in [0.3, 0.4) is 0 Å². The topological polar surface area (TPSA) is 50.4 Å². The van der Waals surface area contributed by atoms with Crippen LogP contribution in [0.25, 0.3) is 0 Å². The second kappa shape index (κ2) is 6.06. The molecule has 1 fully saturated rings. The molecule has 2 N–H and O–H groups in total. The Labute approximate surface area is 114 Å². The van der Waals surface area contributed by atoms with E-state index in [1.807, 2.05) is 12.1 Å². The largest absolute Gasteiger partial charge is 0.496 e. The molecule has 4 heteroatoms. The van der Waals surface area contributed by atoms with Crippen LogP contribution in [0.2, 0.25) is 0 Å². The molecule has 1 aliphatic rings. The second-order valence-electron chi connectivity index (χ2n) is 5.30. The fourth-order valence-corrected chi connectivity index (χ4v) is 2.15. The maximum Gasteiger partial charge on any atom is 0.225 e. The number of hydrogen-bond acceptors (Lipinski definition) is 3. The highest BCUT2D eigenvalue weighted by Gasteiger charge is 2.24. The zero-order valence-electron chi connectivity index (χ0n) is 11.8. The minimum absolute atomic E-state index is 0.140. The van der Waals surface area contributed by atoms with Gasteiger partial charge in [0.25, 0.3) is 0 Å². The molecule has 1 aromatic carbocycles. The number of carbonyl (C=O) groups is 1. The number of hydrogen-bond donors (Lipinski definition) is 2. The Morgan fingerprint density at radius 3 is 2.74 bits per heavy atom. The van der Waals surface area contributed by atoms with Gasteiger partial charge in [-0.05, 0) is 23.1 Å². The standard InChI is InChI=1S/C15H22N2O2/c1-10(2)13-6-11(4-5-14(13)19-3)7-17-15(18)12-8-16-9-12/h4-6,10,12,16H,7-9H2,1-3H3,(H,17,18). The number of rotatable bonds is 5. The van der Waals surface area contributed by atoms with Crippen LogP contribution in [0.1, 0.15) is 30.9 Å². The first-order valence-corrected chi connectivity index (χ1v) is 6.77. The van der Waals surface area contributed by atoms with Crippen molar-refractivity contribution in [2.75, 3.05) is 20.2 Å². The number of methoxy groups -OCH3 is 1. The molecule has 0 unspecified atom stereocenters. The number of benzene rings is 1. The van der Waals surface area contributed by atoms with Crippen molar-refractivity contribution in [3.8, 4) is 5.75 Å². The third-order valence-corrected chi connectivity index (χ3v) is 3.54. The predicted octanol–water partition coefficient (Wildman–Crippen LogP) is 1.65. The maximum atomic E-state index is 11.8. The van der Waals surface area contributed by atoms with Crippen LogP contribution in [0.4, 0.5) is 0 Å². The van der Waals surface area contributed by atoms with Crippen molar-refractivity contribution in [2.45, 2.75) is 26.3 Å². The lowest BCUT2D eigenvalue weighted by atomic mass is 9.99. The Morgan fingerprint density at radius 2 is 2.21 bits per heavy atom. The van der Waals surface area contributed by atoms with E-state index in [9.17, 15) is 4.79 Å². The fraction of sp³-hybridized carbons (Fsp3) is 0.533. The van der Waals surface area contributed by atoms with Crippen molar-refractivity contribution in [3.05, 3.63) is 29.3 Å². The number of nitrogens with one attached hydrogen (secondary N) is 2. The summed E-state index contributed by atoms with van der Waals surface area (Å²) < 4.78 is 5.36. The summed E-state index contributed by atoms with van der Waals surface area (Å²) in [6, 6.07) is 6.09. The highest BCUT2D eigenvalue weighted by atomic mass is 16.5. The van der Waals surface area contributed by atoms with Gasteiger partial charge in [0, 0.05) is 19.6 Å². The molecular weight excluding hydrogens is 240 g/mol. The van der Waals surface area contributed by atoms with E-state index in [2.05, 4.69) is 30.5 Å². The summed E-state index contributed by atoms with van der Waals surface area (Å²) in [6.07, 6.45) is 0.